The van der Waals surface area contributed by atoms with Gasteiger partial charge in [0.15, 0.2) is 11.5 Å². The first-order valence-corrected chi connectivity index (χ1v) is 9.98. The molecule has 0 amide bonds. The minimum Gasteiger partial charge on any atom is -0.496 e. The lowest BCUT2D eigenvalue weighted by Gasteiger charge is -2.20. The van der Waals surface area contributed by atoms with Crippen LogP contribution in [0.3, 0.4) is 0 Å². The fraction of sp³-hybridized carbons (Fsp3) is 0.500. The molecule has 0 bridgehead atoms. The highest BCUT2D eigenvalue weighted by molar-refractivity contribution is 5.50. The molecule has 2 aromatic rings. The van der Waals surface area contributed by atoms with Crippen LogP contribution in [0.4, 0.5) is 0 Å². The average Bonchev–Trinajstić information content (AvgIpc) is 2.71. The van der Waals surface area contributed by atoms with E-state index in [1.807, 2.05) is 26.0 Å². The third-order valence-corrected chi connectivity index (χ3v) is 4.48. The van der Waals surface area contributed by atoms with E-state index in [4.69, 9.17) is 14.2 Å². The third kappa shape index (κ3) is 6.75. The molecule has 4 heteroatoms. The van der Waals surface area contributed by atoms with E-state index in [9.17, 15) is 0 Å². The van der Waals surface area contributed by atoms with Crippen molar-refractivity contribution in [2.24, 2.45) is 0 Å². The molecule has 4 nitrogen and oxygen atoms in total. The summed E-state index contributed by atoms with van der Waals surface area (Å²) >= 11 is 0. The number of methoxy groups -OCH3 is 3. The molecule has 0 saturated heterocycles. The lowest BCUT2D eigenvalue weighted by atomic mass is 9.86. The van der Waals surface area contributed by atoms with Gasteiger partial charge in [-0.05, 0) is 41.1 Å². The quantitative estimate of drug-likeness (QED) is 0.618. The number of nitrogens with one attached hydrogen (secondary N) is 1. The molecule has 0 heterocycles. The maximum absolute atomic E-state index is 5.49. The van der Waals surface area contributed by atoms with Crippen molar-refractivity contribution in [3.63, 3.8) is 0 Å². The predicted molar refractivity (Wildman–Crippen MR) is 118 cm³/mol. The molecule has 1 N–H and O–H groups in total. The van der Waals surface area contributed by atoms with E-state index in [1.54, 1.807) is 21.3 Å². The zero-order valence-electron chi connectivity index (χ0n) is 18.8. The Morgan fingerprint density at radius 1 is 0.821 bits per heavy atom. The highest BCUT2D eigenvalue weighted by Gasteiger charge is 2.14. The van der Waals surface area contributed by atoms with Crippen molar-refractivity contribution in [1.29, 1.82) is 0 Å². The number of rotatable bonds is 8. The molecule has 0 saturated carbocycles. The fourth-order valence-electron chi connectivity index (χ4n) is 2.89. The molecule has 0 radical (unpaired) electrons. The maximum Gasteiger partial charge on any atom is 0.164 e. The maximum atomic E-state index is 5.49. The highest BCUT2D eigenvalue weighted by atomic mass is 16.5. The van der Waals surface area contributed by atoms with Crippen molar-refractivity contribution in [3.05, 3.63) is 53.1 Å². The zero-order chi connectivity index (χ0) is 21.2. The first-order chi connectivity index (χ1) is 13.4. The molecule has 0 aliphatic heterocycles. The van der Waals surface area contributed by atoms with E-state index < -0.39 is 0 Å². The van der Waals surface area contributed by atoms with E-state index >= 15 is 0 Å². The normalized spacial score (nSPS) is 10.7. The van der Waals surface area contributed by atoms with Crippen LogP contribution in [-0.4, -0.2) is 27.9 Å². The van der Waals surface area contributed by atoms with Crippen LogP contribution in [0.15, 0.2) is 36.4 Å². The van der Waals surface area contributed by atoms with Crippen molar-refractivity contribution in [1.82, 2.24) is 5.32 Å². The third-order valence-electron chi connectivity index (χ3n) is 4.48. The van der Waals surface area contributed by atoms with Crippen molar-refractivity contribution < 1.29 is 14.2 Å². The lowest BCUT2D eigenvalue weighted by Crippen LogP contribution is -2.18. The second-order valence-corrected chi connectivity index (χ2v) is 7.40. The van der Waals surface area contributed by atoms with E-state index in [-0.39, 0.29) is 5.41 Å². The minimum absolute atomic E-state index is 0.170. The molecule has 2 rings (SSSR count). The van der Waals surface area contributed by atoms with Crippen LogP contribution in [0, 0.1) is 0 Å². The Hall–Kier alpha value is -2.20. The smallest absolute Gasteiger partial charge is 0.164 e. The molecular weight excluding hydrogens is 350 g/mol. The Morgan fingerprint density at radius 3 is 2.00 bits per heavy atom. The number of hydrogen-bond donors (Lipinski definition) is 1. The van der Waals surface area contributed by atoms with Gasteiger partial charge in [-0.25, -0.2) is 0 Å². The van der Waals surface area contributed by atoms with Gasteiger partial charge in [-0.15, -0.1) is 0 Å². The zero-order valence-corrected chi connectivity index (χ0v) is 18.8. The molecule has 0 aromatic heterocycles. The van der Waals surface area contributed by atoms with Gasteiger partial charge in [0.1, 0.15) is 5.75 Å². The minimum atomic E-state index is 0.170. The Labute approximate surface area is 171 Å². The molecule has 0 aliphatic carbocycles. The standard InChI is InChI=1S/C22H31NO3.C2H6/c1-22(2,3)18-9-7-8-16(12-18)15-23-11-10-17-13-20(25-5)21(26-6)14-19(17)24-4;1-2/h7-9,12-14,23H,10-11,15H2,1-6H3;1-2H3. The van der Waals surface area contributed by atoms with E-state index in [2.05, 4.69) is 50.4 Å². The summed E-state index contributed by atoms with van der Waals surface area (Å²) in [4.78, 5) is 0. The summed E-state index contributed by atoms with van der Waals surface area (Å²) in [6, 6.07) is 12.6. The van der Waals surface area contributed by atoms with Crippen molar-refractivity contribution >= 4 is 0 Å². The van der Waals surface area contributed by atoms with Gasteiger partial charge in [-0.1, -0.05) is 58.9 Å². The molecular formula is C24H37NO3. The number of benzene rings is 2. The SMILES string of the molecule is CC.COc1cc(OC)c(OC)cc1CCNCc1cccc(C(C)(C)C)c1. The second kappa shape index (κ2) is 11.6. The summed E-state index contributed by atoms with van der Waals surface area (Å²) in [5, 5.41) is 3.52. The Kier molecular flexibility index (Phi) is 9.88. The summed E-state index contributed by atoms with van der Waals surface area (Å²) in [6.45, 7) is 12.4. The second-order valence-electron chi connectivity index (χ2n) is 7.40. The summed E-state index contributed by atoms with van der Waals surface area (Å²) in [7, 11) is 4.95. The van der Waals surface area contributed by atoms with Gasteiger partial charge in [0.05, 0.1) is 21.3 Å². The van der Waals surface area contributed by atoms with Gasteiger partial charge >= 0.3 is 0 Å². The fourth-order valence-corrected chi connectivity index (χ4v) is 2.89. The first-order valence-electron chi connectivity index (χ1n) is 9.98. The Balaban J connectivity index is 0.00000190. The molecule has 0 atom stereocenters. The number of hydrogen-bond acceptors (Lipinski definition) is 4. The van der Waals surface area contributed by atoms with Gasteiger partial charge in [0.25, 0.3) is 0 Å². The van der Waals surface area contributed by atoms with Gasteiger partial charge in [-0.2, -0.15) is 0 Å². The van der Waals surface area contributed by atoms with Crippen LogP contribution in [0.5, 0.6) is 17.2 Å². The van der Waals surface area contributed by atoms with Gasteiger partial charge in [0.2, 0.25) is 0 Å². The summed E-state index contributed by atoms with van der Waals surface area (Å²) < 4.78 is 16.2. The lowest BCUT2D eigenvalue weighted by molar-refractivity contribution is 0.347. The van der Waals surface area contributed by atoms with E-state index in [1.165, 1.54) is 11.1 Å². The summed E-state index contributed by atoms with van der Waals surface area (Å²) in [6.07, 6.45) is 0.850. The van der Waals surface area contributed by atoms with Crippen LogP contribution in [-0.2, 0) is 18.4 Å². The monoisotopic (exact) mass is 387 g/mol. The largest absolute Gasteiger partial charge is 0.496 e. The van der Waals surface area contributed by atoms with Crippen LogP contribution in [0.25, 0.3) is 0 Å². The molecule has 2 aromatic carbocycles. The topological polar surface area (TPSA) is 39.7 Å². The summed E-state index contributed by atoms with van der Waals surface area (Å²) in [5.41, 5.74) is 3.93. The molecule has 0 unspecified atom stereocenters. The molecule has 28 heavy (non-hydrogen) atoms. The first kappa shape index (κ1) is 23.8. The molecule has 0 aliphatic rings. The van der Waals surface area contributed by atoms with Crippen LogP contribution >= 0.6 is 0 Å². The van der Waals surface area contributed by atoms with Gasteiger partial charge in [-0.3, -0.25) is 0 Å². The van der Waals surface area contributed by atoms with Crippen LogP contribution in [0.1, 0.15) is 51.3 Å². The predicted octanol–water partition coefficient (Wildman–Crippen LogP) is 5.37. The van der Waals surface area contributed by atoms with Gasteiger partial charge in [0, 0.05) is 12.6 Å². The van der Waals surface area contributed by atoms with Crippen molar-refractivity contribution in [2.45, 2.75) is 53.0 Å². The summed E-state index contributed by atoms with van der Waals surface area (Å²) in [5.74, 6) is 2.22. The Bertz CT molecular complexity index is 720. The highest BCUT2D eigenvalue weighted by Crippen LogP contribution is 2.34. The van der Waals surface area contributed by atoms with E-state index in [0.29, 0.717) is 5.75 Å². The average molecular weight is 388 g/mol. The number of ether oxygens (including phenoxy) is 3. The Morgan fingerprint density at radius 2 is 1.43 bits per heavy atom. The molecule has 0 spiro atoms. The van der Waals surface area contributed by atoms with Crippen molar-refractivity contribution in [3.8, 4) is 17.2 Å². The van der Waals surface area contributed by atoms with E-state index in [0.717, 1.165) is 36.6 Å². The van der Waals surface area contributed by atoms with Gasteiger partial charge < -0.3 is 19.5 Å². The van der Waals surface area contributed by atoms with Crippen LogP contribution in [0.2, 0.25) is 0 Å². The van der Waals surface area contributed by atoms with Crippen molar-refractivity contribution in [2.75, 3.05) is 27.9 Å². The van der Waals surface area contributed by atoms with Crippen LogP contribution < -0.4 is 19.5 Å². The molecule has 156 valence electrons. The molecule has 0 fully saturated rings.